The molecule has 1 saturated heterocycles. The quantitative estimate of drug-likeness (QED) is 0.0655. The number of carboxylic acid groups (broad SMARTS) is 2. The van der Waals surface area contributed by atoms with Crippen LogP contribution in [0.4, 0.5) is 15.9 Å². The molecule has 0 aliphatic carbocycles. The fourth-order valence-corrected chi connectivity index (χ4v) is 4.59. The van der Waals surface area contributed by atoms with Gasteiger partial charge in [0, 0.05) is 17.7 Å². The fraction of sp³-hybridized carbons (Fsp3) is 0.222. The molecule has 2 aromatic carbocycles. The summed E-state index contributed by atoms with van der Waals surface area (Å²) in [6.45, 7) is 0. The second kappa shape index (κ2) is 11.7. The van der Waals surface area contributed by atoms with Gasteiger partial charge < -0.3 is 41.0 Å². The van der Waals surface area contributed by atoms with E-state index in [0.29, 0.717) is 17.5 Å². The van der Waals surface area contributed by atoms with Crippen molar-refractivity contribution >= 4 is 46.2 Å². The number of nitrogen functional groups attached to an aromatic ring is 1. The molecule has 3 heterocycles. The van der Waals surface area contributed by atoms with E-state index in [1.165, 1.54) is 24.3 Å². The number of nitrogens with zero attached hydrogens (tertiary/aromatic N) is 4. The average molecular weight is 615 g/mol. The maximum Gasteiger partial charge on any atom is 0.360 e. The number of imidazole rings is 1. The molecule has 16 heteroatoms. The summed E-state index contributed by atoms with van der Waals surface area (Å²) >= 11 is 5.85. The molecule has 1 aliphatic heterocycles. The van der Waals surface area contributed by atoms with Crippen LogP contribution in [0, 0.1) is 0 Å². The number of nitrogens with two attached hydrogens (primary N) is 1. The Morgan fingerprint density at radius 2 is 1.84 bits per heavy atom. The highest BCUT2D eigenvalue weighted by Gasteiger charge is 2.50. The molecule has 1 aliphatic rings. The zero-order valence-corrected chi connectivity index (χ0v) is 22.7. The van der Waals surface area contributed by atoms with Gasteiger partial charge in [0.25, 0.3) is 0 Å². The highest BCUT2D eigenvalue weighted by Crippen LogP contribution is 2.37. The Labute approximate surface area is 246 Å². The molecule has 0 saturated carbocycles. The zero-order chi connectivity index (χ0) is 30.9. The molecule has 0 spiro atoms. The number of carbonyl (C=O) groups is 2. The van der Waals surface area contributed by atoms with Crippen molar-refractivity contribution in [2.45, 2.75) is 36.8 Å². The van der Waals surface area contributed by atoms with E-state index in [9.17, 15) is 30.0 Å². The van der Waals surface area contributed by atoms with Crippen molar-refractivity contribution in [3.63, 3.8) is 0 Å². The van der Waals surface area contributed by atoms with Crippen LogP contribution in [0.2, 0.25) is 5.28 Å². The van der Waals surface area contributed by atoms with E-state index in [4.69, 9.17) is 26.8 Å². The molecule has 224 valence electrons. The minimum atomic E-state index is -2.88. The van der Waals surface area contributed by atoms with Gasteiger partial charge in [-0.3, -0.25) is 4.57 Å². The van der Waals surface area contributed by atoms with Crippen LogP contribution < -0.4 is 11.1 Å². The van der Waals surface area contributed by atoms with Gasteiger partial charge in [-0.25, -0.2) is 19.0 Å². The summed E-state index contributed by atoms with van der Waals surface area (Å²) in [6, 6.07) is 14.7. The van der Waals surface area contributed by atoms with Gasteiger partial charge in [-0.1, -0.05) is 42.5 Å². The number of alkyl halides is 1. The predicted molar refractivity (Wildman–Crippen MR) is 148 cm³/mol. The highest BCUT2D eigenvalue weighted by atomic mass is 35.5. The Kier molecular flexibility index (Phi) is 8.04. The Balaban J connectivity index is 1.35. The molecule has 1 unspecified atom stereocenters. The number of nitrogens with one attached hydrogen (secondary N) is 1. The molecule has 0 bridgehead atoms. The number of anilines is 2. The van der Waals surface area contributed by atoms with Crippen molar-refractivity contribution in [3.8, 4) is 0 Å². The Morgan fingerprint density at radius 3 is 2.49 bits per heavy atom. The monoisotopic (exact) mass is 614 g/mol. The number of aliphatic carboxylic acids is 2. The van der Waals surface area contributed by atoms with E-state index in [-0.39, 0.29) is 27.8 Å². The third kappa shape index (κ3) is 5.73. The molecule has 4 aromatic rings. The summed E-state index contributed by atoms with van der Waals surface area (Å²) in [7, 11) is 0. The lowest BCUT2D eigenvalue weighted by molar-refractivity contribution is -0.176. The molecule has 0 radical (unpaired) electrons. The first kappa shape index (κ1) is 29.5. The third-order valence-corrected chi connectivity index (χ3v) is 6.88. The lowest BCUT2D eigenvalue weighted by atomic mass is 9.94. The number of aliphatic hydroxyl groups excluding tert-OH is 2. The summed E-state index contributed by atoms with van der Waals surface area (Å²) < 4.78 is 27.0. The number of ether oxygens (including phenoxy) is 2. The minimum Gasteiger partial charge on any atom is -0.478 e. The van der Waals surface area contributed by atoms with E-state index in [1.807, 2.05) is 0 Å². The number of carboxylic acids is 2. The Bertz CT molecular complexity index is 1670. The minimum absolute atomic E-state index is 0.000777. The van der Waals surface area contributed by atoms with Crippen molar-refractivity contribution in [2.24, 2.45) is 0 Å². The van der Waals surface area contributed by atoms with E-state index in [0.717, 1.165) is 10.9 Å². The van der Waals surface area contributed by atoms with E-state index in [1.54, 1.807) is 30.3 Å². The number of halogens is 2. The van der Waals surface area contributed by atoms with Gasteiger partial charge in [0.15, 0.2) is 35.7 Å². The van der Waals surface area contributed by atoms with Crippen LogP contribution in [0.1, 0.15) is 23.6 Å². The average Bonchev–Trinajstić information content (AvgIpc) is 3.52. The lowest BCUT2D eigenvalue weighted by Crippen LogP contribution is -2.50. The summed E-state index contributed by atoms with van der Waals surface area (Å²) in [4.78, 5) is 36.2. The van der Waals surface area contributed by atoms with E-state index >= 15 is 4.39 Å². The third-order valence-electron chi connectivity index (χ3n) is 6.71. The van der Waals surface area contributed by atoms with Crippen molar-refractivity contribution < 1.29 is 43.9 Å². The topological polar surface area (TPSA) is 215 Å². The number of hydrogen-bond acceptors (Lipinski definition) is 11. The largest absolute Gasteiger partial charge is 0.478 e. The summed E-state index contributed by atoms with van der Waals surface area (Å²) in [5.41, 5.74) is 4.32. The molecule has 5 rings (SSSR count). The standard InChI is InChI=1S/C27H24ClFN6O8/c28-26-33-20(30)18-21(34-26)35(12-31-18)23-17(29)19(36)16(43-23)11-42-27(24(38)39,25(40)41)10-13-6-8-15(9-7-13)32-22(37)14-4-2-1-3-5-14/h1-9,11-12,17,19,22-23,32,36-37H,10H2,(H,38,39)(H,40,41)(H2,30,33,34)/b16-11+/t17-,19+,22?,23+/m0/s1. The number of aromatic nitrogens is 4. The summed E-state index contributed by atoms with van der Waals surface area (Å²) in [5.74, 6) is -4.37. The normalized spacial score (nSPS) is 20.1. The van der Waals surface area contributed by atoms with Crippen LogP contribution in [0.5, 0.6) is 0 Å². The Hall–Kier alpha value is -4.99. The first-order chi connectivity index (χ1) is 20.5. The van der Waals surface area contributed by atoms with Gasteiger partial charge in [-0.05, 0) is 29.3 Å². The van der Waals surface area contributed by atoms with E-state index in [2.05, 4.69) is 20.3 Å². The molecule has 14 nitrogen and oxygen atoms in total. The number of rotatable bonds is 10. The van der Waals surface area contributed by atoms with Crippen molar-refractivity contribution in [2.75, 3.05) is 11.1 Å². The van der Waals surface area contributed by atoms with Crippen LogP contribution in [-0.2, 0) is 25.5 Å². The zero-order valence-electron chi connectivity index (χ0n) is 21.9. The van der Waals surface area contributed by atoms with Gasteiger partial charge in [0.1, 0.15) is 18.1 Å². The number of aliphatic hydroxyl groups is 2. The van der Waals surface area contributed by atoms with Crippen LogP contribution in [0.25, 0.3) is 11.2 Å². The maximum atomic E-state index is 15.2. The second-order valence-electron chi connectivity index (χ2n) is 9.51. The van der Waals surface area contributed by atoms with Gasteiger partial charge in [0.2, 0.25) is 11.5 Å². The van der Waals surface area contributed by atoms with Crippen molar-refractivity contribution in [3.05, 3.63) is 89.4 Å². The van der Waals surface area contributed by atoms with Gasteiger partial charge in [-0.2, -0.15) is 9.97 Å². The molecule has 1 fully saturated rings. The SMILES string of the molecule is Nc1nc(Cl)nc2c1ncn2[C@@H]1O/C(=C/OC(Cc2ccc(NC(O)c3ccccc3)cc2)(C(=O)O)C(=O)O)[C@@H](O)[C@@H]1F. The molecular formula is C27H24ClFN6O8. The van der Waals surface area contributed by atoms with Crippen LogP contribution in [0.3, 0.4) is 0 Å². The van der Waals surface area contributed by atoms with Gasteiger partial charge in [-0.15, -0.1) is 0 Å². The van der Waals surface area contributed by atoms with Gasteiger partial charge >= 0.3 is 17.5 Å². The summed E-state index contributed by atoms with van der Waals surface area (Å²) in [5, 5.41) is 43.3. The molecular weight excluding hydrogens is 591 g/mol. The lowest BCUT2D eigenvalue weighted by Gasteiger charge is -2.25. The van der Waals surface area contributed by atoms with Crippen LogP contribution >= 0.6 is 11.6 Å². The predicted octanol–water partition coefficient (Wildman–Crippen LogP) is 2.40. The molecule has 2 aromatic heterocycles. The van der Waals surface area contributed by atoms with Crippen molar-refractivity contribution in [1.29, 1.82) is 0 Å². The Morgan fingerprint density at radius 1 is 1.16 bits per heavy atom. The maximum absolute atomic E-state index is 15.2. The summed E-state index contributed by atoms with van der Waals surface area (Å²) in [6.07, 6.45) is -5.64. The first-order valence-electron chi connectivity index (χ1n) is 12.6. The molecule has 0 amide bonds. The van der Waals surface area contributed by atoms with Crippen LogP contribution in [-0.4, -0.2) is 69.8 Å². The number of fused-ring (bicyclic) bond motifs is 1. The van der Waals surface area contributed by atoms with E-state index < -0.39 is 54.5 Å². The van der Waals surface area contributed by atoms with Crippen LogP contribution in [0.15, 0.2) is 72.9 Å². The molecule has 43 heavy (non-hydrogen) atoms. The fourth-order valence-electron chi connectivity index (χ4n) is 4.42. The second-order valence-corrected chi connectivity index (χ2v) is 9.84. The smallest absolute Gasteiger partial charge is 0.360 e. The van der Waals surface area contributed by atoms with Crippen molar-refractivity contribution in [1.82, 2.24) is 19.5 Å². The highest BCUT2D eigenvalue weighted by molar-refractivity contribution is 6.28. The molecule has 7 N–H and O–H groups in total. The first-order valence-corrected chi connectivity index (χ1v) is 13.0. The van der Waals surface area contributed by atoms with Gasteiger partial charge in [0.05, 0.1) is 0 Å². The number of benzene rings is 2. The number of hydrogen-bond donors (Lipinski definition) is 6. The molecule has 4 atom stereocenters.